The fourth-order valence-electron chi connectivity index (χ4n) is 1.91. The molecule has 0 saturated heterocycles. The molecule has 100 valence electrons. The Balaban J connectivity index is 1.93. The summed E-state index contributed by atoms with van der Waals surface area (Å²) in [7, 11) is 0. The van der Waals surface area contributed by atoms with Crippen LogP contribution in [0, 0.1) is 6.92 Å². The Kier molecular flexibility index (Phi) is 4.34. The monoisotopic (exact) mass is 257 g/mol. The highest BCUT2D eigenvalue weighted by atomic mass is 16.1. The minimum Gasteiger partial charge on any atom is -0.379 e. The van der Waals surface area contributed by atoms with Gasteiger partial charge in [-0.15, -0.1) is 0 Å². The van der Waals surface area contributed by atoms with E-state index >= 15 is 0 Å². The molecule has 0 amide bonds. The number of hydrogen-bond acceptors (Lipinski definition) is 3. The highest BCUT2D eigenvalue weighted by Gasteiger charge is 2.04. The summed E-state index contributed by atoms with van der Waals surface area (Å²) < 4.78 is 0. The van der Waals surface area contributed by atoms with Gasteiger partial charge in [-0.2, -0.15) is 5.10 Å². The Hall–Kier alpha value is -2.10. The molecule has 19 heavy (non-hydrogen) atoms. The fraction of sp³-hybridized carbons (Fsp3) is 0.333. The van der Waals surface area contributed by atoms with Crippen LogP contribution in [0.25, 0.3) is 0 Å². The number of carbonyl (C=O) groups is 1. The van der Waals surface area contributed by atoms with Crippen LogP contribution in [0.5, 0.6) is 0 Å². The van der Waals surface area contributed by atoms with Crippen molar-refractivity contribution in [2.75, 3.05) is 5.32 Å². The van der Waals surface area contributed by atoms with Crippen molar-refractivity contribution in [3.63, 3.8) is 0 Å². The van der Waals surface area contributed by atoms with Crippen molar-refractivity contribution in [3.8, 4) is 0 Å². The predicted molar refractivity (Wildman–Crippen MR) is 76.3 cm³/mol. The second-order valence-corrected chi connectivity index (χ2v) is 4.64. The Morgan fingerprint density at radius 2 is 2.05 bits per heavy atom. The van der Waals surface area contributed by atoms with Gasteiger partial charge in [0, 0.05) is 17.7 Å². The van der Waals surface area contributed by atoms with Gasteiger partial charge in [-0.25, -0.2) is 0 Å². The number of hydrogen-bond donors (Lipinski definition) is 2. The summed E-state index contributed by atoms with van der Waals surface area (Å²) in [6.45, 7) is 4.66. The third-order valence-corrected chi connectivity index (χ3v) is 2.93. The van der Waals surface area contributed by atoms with Crippen LogP contribution in [-0.2, 0) is 6.54 Å². The maximum Gasteiger partial charge on any atom is 0.162 e. The molecule has 0 fully saturated rings. The van der Waals surface area contributed by atoms with Crippen molar-refractivity contribution in [1.29, 1.82) is 0 Å². The average Bonchev–Trinajstić information content (AvgIpc) is 2.83. The number of aromatic amines is 1. The number of carbonyl (C=O) groups excluding carboxylic acids is 1. The summed E-state index contributed by atoms with van der Waals surface area (Å²) in [5.74, 6) is 0.207. The molecule has 0 unspecified atom stereocenters. The van der Waals surface area contributed by atoms with Crippen LogP contribution >= 0.6 is 0 Å². The lowest BCUT2D eigenvalue weighted by atomic mass is 10.1. The first kappa shape index (κ1) is 13.3. The van der Waals surface area contributed by atoms with Gasteiger partial charge in [0.05, 0.1) is 17.9 Å². The molecule has 0 aliphatic carbocycles. The van der Waals surface area contributed by atoms with Crippen molar-refractivity contribution in [2.45, 2.75) is 33.2 Å². The third kappa shape index (κ3) is 3.68. The molecule has 1 aromatic carbocycles. The van der Waals surface area contributed by atoms with Gasteiger partial charge in [0.25, 0.3) is 0 Å². The van der Waals surface area contributed by atoms with Gasteiger partial charge in [-0.05, 0) is 43.7 Å². The summed E-state index contributed by atoms with van der Waals surface area (Å²) in [5.41, 5.74) is 3.81. The topological polar surface area (TPSA) is 57.8 Å². The molecule has 0 bridgehead atoms. The van der Waals surface area contributed by atoms with Gasteiger partial charge < -0.3 is 5.32 Å². The summed E-state index contributed by atoms with van der Waals surface area (Å²) >= 11 is 0. The van der Waals surface area contributed by atoms with E-state index in [9.17, 15) is 4.79 Å². The maximum absolute atomic E-state index is 11.7. The number of ketones is 1. The highest BCUT2D eigenvalue weighted by molar-refractivity contribution is 5.96. The van der Waals surface area contributed by atoms with E-state index in [1.54, 1.807) is 0 Å². The van der Waals surface area contributed by atoms with E-state index in [-0.39, 0.29) is 5.78 Å². The Bertz CT molecular complexity index is 543. The lowest BCUT2D eigenvalue weighted by Crippen LogP contribution is -2.01. The van der Waals surface area contributed by atoms with E-state index < -0.39 is 0 Å². The summed E-state index contributed by atoms with van der Waals surface area (Å²) in [5, 5.41) is 10.3. The van der Waals surface area contributed by atoms with Gasteiger partial charge >= 0.3 is 0 Å². The number of H-pyrrole nitrogens is 1. The molecule has 4 nitrogen and oxygen atoms in total. The normalized spacial score (nSPS) is 10.4. The molecular weight excluding hydrogens is 238 g/mol. The van der Waals surface area contributed by atoms with E-state index in [1.807, 2.05) is 44.2 Å². The predicted octanol–water partition coefficient (Wildman–Crippen LogP) is 3.31. The van der Waals surface area contributed by atoms with E-state index in [1.165, 1.54) is 0 Å². The zero-order valence-electron chi connectivity index (χ0n) is 11.4. The number of nitrogens with zero attached hydrogens (tertiary/aromatic N) is 1. The maximum atomic E-state index is 11.7. The second-order valence-electron chi connectivity index (χ2n) is 4.64. The van der Waals surface area contributed by atoms with Crippen LogP contribution in [-0.4, -0.2) is 16.0 Å². The largest absolute Gasteiger partial charge is 0.379 e. The van der Waals surface area contributed by atoms with Gasteiger partial charge in [0.2, 0.25) is 0 Å². The van der Waals surface area contributed by atoms with Crippen LogP contribution in [0.4, 0.5) is 5.69 Å². The van der Waals surface area contributed by atoms with E-state index in [0.29, 0.717) is 13.0 Å². The molecule has 0 saturated carbocycles. The molecule has 0 radical (unpaired) electrons. The number of rotatable bonds is 6. The number of anilines is 1. The zero-order valence-corrected chi connectivity index (χ0v) is 11.4. The van der Waals surface area contributed by atoms with Crippen LogP contribution in [0.3, 0.4) is 0 Å². The van der Waals surface area contributed by atoms with Gasteiger partial charge in [-0.3, -0.25) is 9.89 Å². The van der Waals surface area contributed by atoms with Crippen molar-refractivity contribution >= 4 is 11.5 Å². The number of aromatic nitrogens is 2. The van der Waals surface area contributed by atoms with Crippen molar-refractivity contribution in [2.24, 2.45) is 0 Å². The standard InChI is InChI=1S/C15H19N3O/c1-3-4-15(19)12-5-7-13(8-6-12)16-10-14-9-11(2)17-18-14/h5-9,16H,3-4,10H2,1-2H3,(H,17,18). The Labute approximate surface area is 113 Å². The van der Waals surface area contributed by atoms with Crippen LogP contribution in [0.15, 0.2) is 30.3 Å². The van der Waals surface area contributed by atoms with Gasteiger partial charge in [-0.1, -0.05) is 6.92 Å². The molecule has 0 spiro atoms. The quantitative estimate of drug-likeness (QED) is 0.780. The first-order valence-corrected chi connectivity index (χ1v) is 6.57. The van der Waals surface area contributed by atoms with Crippen LogP contribution < -0.4 is 5.32 Å². The number of Topliss-reactive ketones (excluding diaryl/α,β-unsaturated/α-hetero) is 1. The summed E-state index contributed by atoms with van der Waals surface area (Å²) in [6.07, 6.45) is 1.50. The van der Waals surface area contributed by atoms with Gasteiger partial charge in [0.1, 0.15) is 0 Å². The first-order valence-electron chi connectivity index (χ1n) is 6.57. The Morgan fingerprint density at radius 1 is 1.32 bits per heavy atom. The minimum absolute atomic E-state index is 0.207. The van der Waals surface area contributed by atoms with Crippen molar-refractivity contribution < 1.29 is 4.79 Å². The lowest BCUT2D eigenvalue weighted by molar-refractivity contribution is 0.0982. The minimum atomic E-state index is 0.207. The summed E-state index contributed by atoms with van der Waals surface area (Å²) in [6, 6.07) is 9.63. The van der Waals surface area contributed by atoms with E-state index in [0.717, 1.165) is 29.1 Å². The van der Waals surface area contributed by atoms with Gasteiger partial charge in [0.15, 0.2) is 5.78 Å². The molecule has 0 aliphatic rings. The Morgan fingerprint density at radius 3 is 2.63 bits per heavy atom. The fourth-order valence-corrected chi connectivity index (χ4v) is 1.91. The highest BCUT2D eigenvalue weighted by Crippen LogP contribution is 2.13. The zero-order chi connectivity index (χ0) is 13.7. The van der Waals surface area contributed by atoms with Crippen LogP contribution in [0.2, 0.25) is 0 Å². The number of aryl methyl sites for hydroxylation is 1. The smallest absolute Gasteiger partial charge is 0.162 e. The molecule has 2 aromatic rings. The molecule has 1 heterocycles. The van der Waals surface area contributed by atoms with E-state index in [4.69, 9.17) is 0 Å². The lowest BCUT2D eigenvalue weighted by Gasteiger charge is -2.05. The van der Waals surface area contributed by atoms with Crippen LogP contribution in [0.1, 0.15) is 41.5 Å². The molecular formula is C15H19N3O. The summed E-state index contributed by atoms with van der Waals surface area (Å²) in [4.78, 5) is 11.7. The third-order valence-electron chi connectivity index (χ3n) is 2.93. The molecule has 4 heteroatoms. The first-order chi connectivity index (χ1) is 9.19. The van der Waals surface area contributed by atoms with E-state index in [2.05, 4.69) is 15.5 Å². The molecule has 0 aliphatic heterocycles. The number of nitrogens with one attached hydrogen (secondary N) is 2. The SMILES string of the molecule is CCCC(=O)c1ccc(NCc2cc(C)n[nH]2)cc1. The number of benzene rings is 1. The van der Waals surface area contributed by atoms with Crippen molar-refractivity contribution in [1.82, 2.24) is 10.2 Å². The molecule has 0 atom stereocenters. The molecule has 2 N–H and O–H groups in total. The average molecular weight is 257 g/mol. The van der Waals surface area contributed by atoms with Crippen molar-refractivity contribution in [3.05, 3.63) is 47.3 Å². The molecule has 2 rings (SSSR count). The molecule has 1 aromatic heterocycles. The second kappa shape index (κ2) is 6.18.